The van der Waals surface area contributed by atoms with Gasteiger partial charge >= 0.3 is 5.97 Å². The van der Waals surface area contributed by atoms with Crippen molar-refractivity contribution >= 4 is 11.9 Å². The summed E-state index contributed by atoms with van der Waals surface area (Å²) in [6, 6.07) is 0. The third-order valence-corrected chi connectivity index (χ3v) is 11.1. The summed E-state index contributed by atoms with van der Waals surface area (Å²) in [6.07, 6.45) is 11.3. The first kappa shape index (κ1) is 33.6. The first-order valence-corrected chi connectivity index (χ1v) is 15.9. The Labute approximate surface area is 248 Å². The summed E-state index contributed by atoms with van der Waals surface area (Å²) >= 11 is 0. The Kier molecular flexibility index (Phi) is 10.4. The number of nitrogens with two attached hydrogens (primary N) is 1. The van der Waals surface area contributed by atoms with Gasteiger partial charge in [-0.05, 0) is 109 Å². The van der Waals surface area contributed by atoms with Crippen LogP contribution in [0.1, 0.15) is 113 Å². The van der Waals surface area contributed by atoms with Crippen molar-refractivity contribution in [3.05, 3.63) is 34.9 Å². The molecule has 0 bridgehead atoms. The molecule has 6 heteroatoms. The lowest BCUT2D eigenvalue weighted by Gasteiger charge is -2.60. The first-order valence-electron chi connectivity index (χ1n) is 15.9. The van der Waals surface area contributed by atoms with Gasteiger partial charge in [-0.1, -0.05) is 66.7 Å². The quantitative estimate of drug-likeness (QED) is 0.210. The molecule has 5 unspecified atom stereocenters. The summed E-state index contributed by atoms with van der Waals surface area (Å²) < 4.78 is 5.84. The molecule has 7 atom stereocenters. The first-order chi connectivity index (χ1) is 19.0. The van der Waals surface area contributed by atoms with E-state index in [0.29, 0.717) is 23.7 Å². The average molecular weight is 572 g/mol. The topological polar surface area (TPSA) is 110 Å². The zero-order chi connectivity index (χ0) is 30.9. The van der Waals surface area contributed by atoms with Crippen LogP contribution in [0.3, 0.4) is 0 Å². The van der Waals surface area contributed by atoms with Crippen molar-refractivity contribution in [3.63, 3.8) is 0 Å². The minimum atomic E-state index is -0.833. The van der Waals surface area contributed by atoms with Gasteiger partial charge < -0.3 is 20.7 Å². The molecular weight excluding hydrogens is 514 g/mol. The molecule has 0 saturated heterocycles. The number of esters is 1. The standard InChI is InChI=1S/C33H53NO3.C2H4O2/c1-20(2)17-21(3)9-10-22(4)24-12-13-25-23-11-14-27-31(5,6)28(37-29(36)19-34)15-16-32(27,7)30(23)26(35)18-33(24,25)8;1-2(3)4/h13,20,22,24,26-28,35H,3,9-12,14-19,34H2,1-2,4-8H3;1H3,(H,3,4)/t22-,24?,26?,27?,28+,32?,33?;/m1./s1. The highest BCUT2D eigenvalue weighted by molar-refractivity contribution is 5.71. The highest BCUT2D eigenvalue weighted by Gasteiger charge is 2.60. The van der Waals surface area contributed by atoms with E-state index in [1.165, 1.54) is 23.1 Å². The van der Waals surface area contributed by atoms with Crippen molar-refractivity contribution in [3.8, 4) is 0 Å². The average Bonchev–Trinajstić information content (AvgIpc) is 3.19. The maximum absolute atomic E-state index is 12.1. The van der Waals surface area contributed by atoms with E-state index >= 15 is 0 Å². The number of fused-ring (bicyclic) bond motifs is 4. The van der Waals surface area contributed by atoms with Crippen molar-refractivity contribution in [2.45, 2.75) is 125 Å². The van der Waals surface area contributed by atoms with Crippen molar-refractivity contribution in [2.75, 3.05) is 6.54 Å². The molecule has 232 valence electrons. The normalized spacial score (nSPS) is 34.4. The van der Waals surface area contributed by atoms with E-state index in [2.05, 4.69) is 61.1 Å². The van der Waals surface area contributed by atoms with E-state index in [-0.39, 0.29) is 34.9 Å². The molecule has 0 aromatic heterocycles. The number of carboxylic acid groups (broad SMARTS) is 1. The van der Waals surface area contributed by atoms with Crippen LogP contribution in [0.15, 0.2) is 34.9 Å². The smallest absolute Gasteiger partial charge is 0.319 e. The number of carboxylic acids is 1. The van der Waals surface area contributed by atoms with Crippen molar-refractivity contribution in [2.24, 2.45) is 45.7 Å². The molecule has 0 amide bonds. The second-order valence-corrected chi connectivity index (χ2v) is 14.9. The minimum Gasteiger partial charge on any atom is -0.481 e. The van der Waals surface area contributed by atoms with Gasteiger partial charge in [0.25, 0.3) is 5.97 Å². The fraction of sp³-hybridized carbons (Fsp3) is 0.771. The van der Waals surface area contributed by atoms with Crippen LogP contribution >= 0.6 is 0 Å². The molecule has 6 nitrogen and oxygen atoms in total. The van der Waals surface area contributed by atoms with Crippen LogP contribution in [0.25, 0.3) is 0 Å². The number of aliphatic hydroxyl groups excluding tert-OH is 1. The van der Waals surface area contributed by atoms with Gasteiger partial charge in [-0.3, -0.25) is 9.59 Å². The molecule has 0 heterocycles. The Balaban J connectivity index is 0.00000108. The summed E-state index contributed by atoms with van der Waals surface area (Å²) in [5, 5.41) is 19.3. The van der Waals surface area contributed by atoms with E-state index < -0.39 is 12.1 Å². The Morgan fingerprint density at radius 3 is 2.37 bits per heavy atom. The van der Waals surface area contributed by atoms with Gasteiger partial charge in [0.05, 0.1) is 12.6 Å². The number of carbonyl (C=O) groups is 2. The molecule has 0 radical (unpaired) electrons. The zero-order valence-electron chi connectivity index (χ0n) is 27.0. The van der Waals surface area contributed by atoms with Gasteiger partial charge in [0.15, 0.2) is 0 Å². The number of allylic oxidation sites excluding steroid dienone is 4. The molecule has 0 spiro atoms. The van der Waals surface area contributed by atoms with E-state index in [4.69, 9.17) is 20.4 Å². The molecular formula is C35H57NO5. The number of hydrogen-bond acceptors (Lipinski definition) is 5. The minimum absolute atomic E-state index is 0.0453. The highest BCUT2D eigenvalue weighted by atomic mass is 16.5. The van der Waals surface area contributed by atoms with Gasteiger partial charge in [0.2, 0.25) is 0 Å². The number of aliphatic carboxylic acids is 1. The van der Waals surface area contributed by atoms with Crippen LogP contribution in [0.4, 0.5) is 0 Å². The van der Waals surface area contributed by atoms with Crippen LogP contribution < -0.4 is 5.73 Å². The van der Waals surface area contributed by atoms with E-state index in [1.54, 1.807) is 5.57 Å². The maximum Gasteiger partial charge on any atom is 0.319 e. The molecule has 0 aliphatic heterocycles. The van der Waals surface area contributed by atoms with Gasteiger partial charge in [0.1, 0.15) is 6.10 Å². The summed E-state index contributed by atoms with van der Waals surface area (Å²) in [5.74, 6) is 1.07. The van der Waals surface area contributed by atoms with Gasteiger partial charge in [-0.2, -0.15) is 0 Å². The Hall–Kier alpha value is -1.92. The zero-order valence-corrected chi connectivity index (χ0v) is 27.0. The number of aliphatic hydroxyl groups is 1. The molecule has 0 aromatic carbocycles. The molecule has 41 heavy (non-hydrogen) atoms. The monoisotopic (exact) mass is 571 g/mol. The summed E-state index contributed by atoms with van der Waals surface area (Å²) in [4.78, 5) is 21.1. The maximum atomic E-state index is 12.1. The van der Waals surface area contributed by atoms with Crippen LogP contribution in [-0.4, -0.2) is 40.9 Å². The highest BCUT2D eigenvalue weighted by Crippen LogP contribution is 2.67. The van der Waals surface area contributed by atoms with Crippen LogP contribution in [0.2, 0.25) is 0 Å². The number of rotatable bonds is 8. The molecule has 1 fully saturated rings. The largest absolute Gasteiger partial charge is 0.481 e. The number of hydrogen-bond donors (Lipinski definition) is 3. The summed E-state index contributed by atoms with van der Waals surface area (Å²) in [7, 11) is 0. The molecule has 4 rings (SSSR count). The summed E-state index contributed by atoms with van der Waals surface area (Å²) in [5.41, 5.74) is 11.1. The number of ether oxygens (including phenoxy) is 1. The predicted molar refractivity (Wildman–Crippen MR) is 165 cm³/mol. The lowest BCUT2D eigenvalue weighted by atomic mass is 9.46. The second-order valence-electron chi connectivity index (χ2n) is 14.9. The number of carbonyl (C=O) groups excluding carboxylic acids is 1. The lowest BCUT2D eigenvalue weighted by Crippen LogP contribution is -2.56. The Morgan fingerprint density at radius 1 is 1.15 bits per heavy atom. The third kappa shape index (κ3) is 6.69. The van der Waals surface area contributed by atoms with Crippen molar-refractivity contribution < 1.29 is 24.5 Å². The van der Waals surface area contributed by atoms with Gasteiger partial charge in [-0.15, -0.1) is 0 Å². The van der Waals surface area contributed by atoms with Gasteiger partial charge in [-0.25, -0.2) is 0 Å². The molecule has 0 aromatic rings. The third-order valence-electron chi connectivity index (χ3n) is 11.1. The lowest BCUT2D eigenvalue weighted by molar-refractivity contribution is -0.168. The van der Waals surface area contributed by atoms with E-state index in [9.17, 15) is 9.90 Å². The second kappa shape index (κ2) is 12.8. The fourth-order valence-corrected chi connectivity index (χ4v) is 9.43. The molecule has 1 saturated carbocycles. The molecule has 4 N–H and O–H groups in total. The summed E-state index contributed by atoms with van der Waals surface area (Å²) in [6.45, 7) is 21.7. The molecule has 4 aliphatic rings. The van der Waals surface area contributed by atoms with Crippen LogP contribution in [-0.2, 0) is 14.3 Å². The SMILES string of the molecule is C=C(CC[C@@H](C)C1CC=C2C3=C(C(O)CC21C)C1(C)CC[C@H](OC(=O)CN)C(C)(C)C1CC3)CC(C)C.CC(=O)O. The van der Waals surface area contributed by atoms with E-state index in [1.807, 2.05) is 0 Å². The van der Waals surface area contributed by atoms with Crippen LogP contribution in [0, 0.1) is 39.9 Å². The Bertz CT molecular complexity index is 1070. The van der Waals surface area contributed by atoms with Gasteiger partial charge in [0, 0.05) is 12.3 Å². The predicted octanol–water partition coefficient (Wildman–Crippen LogP) is 7.22. The van der Waals surface area contributed by atoms with Crippen LogP contribution in [0.5, 0.6) is 0 Å². The van der Waals surface area contributed by atoms with Crippen molar-refractivity contribution in [1.29, 1.82) is 0 Å². The van der Waals surface area contributed by atoms with E-state index in [0.717, 1.165) is 58.3 Å². The fourth-order valence-electron chi connectivity index (χ4n) is 9.43. The molecule has 4 aliphatic carbocycles. The van der Waals surface area contributed by atoms with Crippen molar-refractivity contribution in [1.82, 2.24) is 0 Å². The Morgan fingerprint density at radius 2 is 1.78 bits per heavy atom.